The summed E-state index contributed by atoms with van der Waals surface area (Å²) in [6.45, 7) is 3.16. The molecule has 2 aromatic carbocycles. The molecule has 2 aromatic heterocycles. The van der Waals surface area contributed by atoms with Gasteiger partial charge < -0.3 is 19.1 Å². The molecule has 220 valence electrons. The summed E-state index contributed by atoms with van der Waals surface area (Å²) >= 11 is 5.73. The molecular formula is C30H28ClF3N4O4. The fourth-order valence-electron chi connectivity index (χ4n) is 5.35. The maximum Gasteiger partial charge on any atom is 0.354 e. The monoisotopic (exact) mass is 600 g/mol. The van der Waals surface area contributed by atoms with E-state index in [0.717, 1.165) is 24.4 Å². The Morgan fingerprint density at radius 2 is 1.88 bits per heavy atom. The molecule has 4 aromatic rings. The summed E-state index contributed by atoms with van der Waals surface area (Å²) in [5, 5.41) is 9.45. The largest absolute Gasteiger partial charge is 0.490 e. The Labute approximate surface area is 244 Å². The Hall–Kier alpha value is -3.67. The number of halogens is 4. The lowest BCUT2D eigenvalue weighted by Crippen LogP contribution is -2.39. The van der Waals surface area contributed by atoms with Gasteiger partial charge in [-0.3, -0.25) is 4.90 Å². The van der Waals surface area contributed by atoms with E-state index in [4.69, 9.17) is 26.1 Å². The molecule has 12 heteroatoms. The van der Waals surface area contributed by atoms with E-state index in [1.165, 1.54) is 30.3 Å². The number of piperidine rings is 1. The SMILES string of the molecule is O=C(O)c1ccc2nc(CN3CCC(Oc4cccc(C(F)(F)c5ccc(Cl)cc5F)c4)CC3)n(C[C@@H]3CCO3)c2n1. The van der Waals surface area contributed by atoms with E-state index in [0.29, 0.717) is 62.5 Å². The normalized spacial score (nSPS) is 18.2. The molecule has 42 heavy (non-hydrogen) atoms. The minimum Gasteiger partial charge on any atom is -0.490 e. The fourth-order valence-corrected chi connectivity index (χ4v) is 5.51. The van der Waals surface area contributed by atoms with Gasteiger partial charge in [-0.25, -0.2) is 19.2 Å². The molecule has 6 rings (SSSR count). The van der Waals surface area contributed by atoms with Crippen LogP contribution in [0.15, 0.2) is 54.6 Å². The topological polar surface area (TPSA) is 89.7 Å². The van der Waals surface area contributed by atoms with Crippen LogP contribution in [0.25, 0.3) is 11.2 Å². The van der Waals surface area contributed by atoms with Gasteiger partial charge in [0.25, 0.3) is 0 Å². The summed E-state index contributed by atoms with van der Waals surface area (Å²) in [7, 11) is 0. The second kappa shape index (κ2) is 11.5. The number of aromatic nitrogens is 3. The summed E-state index contributed by atoms with van der Waals surface area (Å²) in [5.41, 5.74) is -0.00591. The quantitative estimate of drug-likeness (QED) is 0.256. The zero-order valence-corrected chi connectivity index (χ0v) is 23.2. The highest BCUT2D eigenvalue weighted by atomic mass is 35.5. The predicted molar refractivity (Wildman–Crippen MR) is 149 cm³/mol. The highest BCUT2D eigenvalue weighted by molar-refractivity contribution is 6.30. The van der Waals surface area contributed by atoms with Crippen LogP contribution in [0, 0.1) is 5.82 Å². The molecule has 4 heterocycles. The highest BCUT2D eigenvalue weighted by Crippen LogP contribution is 2.39. The van der Waals surface area contributed by atoms with Crippen LogP contribution in [0.5, 0.6) is 5.75 Å². The van der Waals surface area contributed by atoms with Crippen molar-refractivity contribution in [2.24, 2.45) is 0 Å². The number of carboxylic acids is 1. The van der Waals surface area contributed by atoms with Crippen LogP contribution in [-0.2, 0) is 23.7 Å². The van der Waals surface area contributed by atoms with Crippen LogP contribution >= 0.6 is 11.6 Å². The molecule has 1 N–H and O–H groups in total. The molecule has 8 nitrogen and oxygen atoms in total. The number of aromatic carboxylic acids is 1. The van der Waals surface area contributed by atoms with E-state index >= 15 is 8.78 Å². The minimum absolute atomic E-state index is 0.0369. The van der Waals surface area contributed by atoms with Gasteiger partial charge in [-0.1, -0.05) is 23.7 Å². The molecule has 0 unspecified atom stereocenters. The Bertz CT molecular complexity index is 1620. The van der Waals surface area contributed by atoms with Gasteiger partial charge in [-0.05, 0) is 61.7 Å². The molecule has 0 spiro atoms. The van der Waals surface area contributed by atoms with Crippen LogP contribution in [0.1, 0.15) is 46.7 Å². The van der Waals surface area contributed by atoms with Gasteiger partial charge in [0.05, 0.1) is 24.8 Å². The molecule has 2 saturated heterocycles. The molecule has 0 radical (unpaired) electrons. The third kappa shape index (κ3) is 5.81. The van der Waals surface area contributed by atoms with Gasteiger partial charge in [-0.2, -0.15) is 8.78 Å². The molecule has 0 amide bonds. The van der Waals surface area contributed by atoms with Crippen molar-refractivity contribution in [2.45, 2.75) is 50.5 Å². The van der Waals surface area contributed by atoms with Crippen molar-refractivity contribution in [2.75, 3.05) is 19.7 Å². The number of ether oxygens (including phenoxy) is 2. The number of imidazole rings is 1. The van der Waals surface area contributed by atoms with Crippen LogP contribution in [0.3, 0.4) is 0 Å². The van der Waals surface area contributed by atoms with Gasteiger partial charge in [0.2, 0.25) is 0 Å². The maximum atomic E-state index is 15.2. The van der Waals surface area contributed by atoms with Crippen molar-refractivity contribution in [3.05, 3.63) is 88.1 Å². The maximum absolute atomic E-state index is 15.2. The van der Waals surface area contributed by atoms with E-state index in [9.17, 15) is 14.3 Å². The third-order valence-electron chi connectivity index (χ3n) is 7.74. The summed E-state index contributed by atoms with van der Waals surface area (Å²) in [6.07, 6.45) is 2.11. The average Bonchev–Trinajstić information content (AvgIpc) is 3.27. The van der Waals surface area contributed by atoms with Crippen molar-refractivity contribution >= 4 is 28.7 Å². The lowest BCUT2D eigenvalue weighted by atomic mass is 9.99. The van der Waals surface area contributed by atoms with Gasteiger partial charge in [0.15, 0.2) is 11.3 Å². The second-order valence-corrected chi connectivity index (χ2v) is 11.0. The molecule has 1 atom stereocenters. The number of benzene rings is 2. The lowest BCUT2D eigenvalue weighted by molar-refractivity contribution is -0.0593. The molecule has 0 aliphatic carbocycles. The zero-order chi connectivity index (χ0) is 29.4. The number of pyridine rings is 1. The van der Waals surface area contributed by atoms with Crippen molar-refractivity contribution in [3.8, 4) is 5.75 Å². The van der Waals surface area contributed by atoms with E-state index in [1.807, 2.05) is 4.57 Å². The Balaban J connectivity index is 1.12. The smallest absolute Gasteiger partial charge is 0.354 e. The third-order valence-corrected chi connectivity index (χ3v) is 7.97. The van der Waals surface area contributed by atoms with Crippen molar-refractivity contribution in [1.29, 1.82) is 0 Å². The summed E-state index contributed by atoms with van der Waals surface area (Å²) in [5.74, 6) is -4.66. The number of rotatable bonds is 9. The van der Waals surface area contributed by atoms with Crippen LogP contribution in [0.2, 0.25) is 5.02 Å². The first-order valence-electron chi connectivity index (χ1n) is 13.7. The number of alkyl halides is 2. The zero-order valence-electron chi connectivity index (χ0n) is 22.5. The van der Waals surface area contributed by atoms with E-state index in [-0.39, 0.29) is 28.5 Å². The standard InChI is InChI=1S/C30H28ClF3N4O4/c31-19-4-5-23(24(32)15-19)30(33,34)18-2-1-3-21(14-18)42-20-8-11-37(12-9-20)17-27-35-25-6-7-26(29(39)40)36-28(25)38(27)16-22-10-13-41-22/h1-7,14-15,20,22H,8-13,16-17H2,(H,39,40)/t22-/m0/s1. The highest BCUT2D eigenvalue weighted by Gasteiger charge is 2.37. The number of carboxylic acid groups (broad SMARTS) is 1. The van der Waals surface area contributed by atoms with Gasteiger partial charge in [-0.15, -0.1) is 0 Å². The second-order valence-electron chi connectivity index (χ2n) is 10.6. The first kappa shape index (κ1) is 28.4. The fraction of sp³-hybridized carbons (Fsp3) is 0.367. The molecule has 0 saturated carbocycles. The predicted octanol–water partition coefficient (Wildman–Crippen LogP) is 5.89. The molecule has 2 aliphatic heterocycles. The number of nitrogens with zero attached hydrogens (tertiary/aromatic N) is 4. The number of carbonyl (C=O) groups is 1. The number of hydrogen-bond acceptors (Lipinski definition) is 6. The first-order valence-corrected chi connectivity index (χ1v) is 14.1. The summed E-state index contributed by atoms with van der Waals surface area (Å²) < 4.78 is 58.3. The summed E-state index contributed by atoms with van der Waals surface area (Å²) in [6, 6.07) is 11.8. The Morgan fingerprint density at radius 1 is 1.10 bits per heavy atom. The molecule has 2 aliphatic rings. The number of fused-ring (bicyclic) bond motifs is 1. The van der Waals surface area contributed by atoms with E-state index in [1.54, 1.807) is 12.1 Å². The van der Waals surface area contributed by atoms with Gasteiger partial charge in [0, 0.05) is 30.3 Å². The van der Waals surface area contributed by atoms with Crippen molar-refractivity contribution in [3.63, 3.8) is 0 Å². The van der Waals surface area contributed by atoms with Crippen LogP contribution < -0.4 is 4.74 Å². The first-order chi connectivity index (χ1) is 20.2. The molecular weight excluding hydrogens is 573 g/mol. The van der Waals surface area contributed by atoms with E-state index < -0.39 is 23.3 Å². The van der Waals surface area contributed by atoms with Crippen LogP contribution in [-0.4, -0.2) is 62.4 Å². The van der Waals surface area contributed by atoms with E-state index in [2.05, 4.69) is 9.88 Å². The Kier molecular flexibility index (Phi) is 7.82. The number of likely N-dealkylation sites (tertiary alicyclic amines) is 1. The van der Waals surface area contributed by atoms with Gasteiger partial charge in [0.1, 0.15) is 29.0 Å². The molecule has 2 fully saturated rings. The average molecular weight is 601 g/mol. The number of hydrogen-bond donors (Lipinski definition) is 1. The van der Waals surface area contributed by atoms with Crippen LogP contribution in [0.4, 0.5) is 13.2 Å². The molecule has 0 bridgehead atoms. The summed E-state index contributed by atoms with van der Waals surface area (Å²) in [4.78, 5) is 22.8. The van der Waals surface area contributed by atoms with Crippen molar-refractivity contribution in [1.82, 2.24) is 19.4 Å². The van der Waals surface area contributed by atoms with Crippen molar-refractivity contribution < 1.29 is 32.5 Å². The minimum atomic E-state index is -3.56. The Morgan fingerprint density at radius 3 is 2.57 bits per heavy atom. The lowest BCUT2D eigenvalue weighted by Gasteiger charge is -2.32. The van der Waals surface area contributed by atoms with Gasteiger partial charge >= 0.3 is 11.9 Å².